The fourth-order valence-electron chi connectivity index (χ4n) is 3.31. The molecule has 3 atom stereocenters. The van der Waals surface area contributed by atoms with E-state index < -0.39 is 46.6 Å². The van der Waals surface area contributed by atoms with Gasteiger partial charge in [-0.25, -0.2) is 9.59 Å². The lowest BCUT2D eigenvalue weighted by molar-refractivity contribution is -0.192. The number of carbonyl (C=O) groups excluding carboxylic acids is 3. The van der Waals surface area contributed by atoms with Crippen molar-refractivity contribution in [1.82, 2.24) is 26.1 Å². The quantitative estimate of drug-likeness (QED) is 0.229. The number of hydrogen-bond donors (Lipinski definition) is 5. The smallest absolute Gasteiger partial charge is 0.475 e. The number of hydrazine groups is 1. The Morgan fingerprint density at radius 3 is 2.22 bits per heavy atom. The number of carboxylic acids is 1. The molecule has 0 spiro atoms. The Labute approximate surface area is 178 Å². The summed E-state index contributed by atoms with van der Waals surface area (Å²) in [6.07, 6.45) is -2.94. The molecule has 0 aliphatic carbocycles. The Balaban J connectivity index is 0.000000451. The van der Waals surface area contributed by atoms with Gasteiger partial charge in [0.05, 0.1) is 12.1 Å². The van der Waals surface area contributed by atoms with Gasteiger partial charge in [0.1, 0.15) is 6.04 Å². The van der Waals surface area contributed by atoms with E-state index in [9.17, 15) is 36.0 Å². The highest BCUT2D eigenvalue weighted by Gasteiger charge is 2.49. The van der Waals surface area contributed by atoms with Crippen molar-refractivity contribution in [2.24, 2.45) is 0 Å². The number of amides is 4. The number of hydroxylamine groups is 2. The number of nitrogens with zero attached hydrogens (tertiary/aromatic N) is 2. The highest BCUT2D eigenvalue weighted by Crippen LogP contribution is 2.30. The van der Waals surface area contributed by atoms with E-state index in [-0.39, 0.29) is 24.9 Å². The minimum Gasteiger partial charge on any atom is -0.475 e. The molecule has 0 aromatic rings. The highest BCUT2D eigenvalue weighted by atomic mass is 32.3. The van der Waals surface area contributed by atoms with Crippen LogP contribution in [0.3, 0.4) is 0 Å². The molecule has 14 nitrogen and oxygen atoms in total. The maximum absolute atomic E-state index is 12.3. The normalized spacial score (nSPS) is 25.1. The molecule has 3 rings (SSSR count). The maximum Gasteiger partial charge on any atom is 0.490 e. The SMILES string of the molecule is O=C(NNC(=O)[C@@H]1CC[C@@H]2CN1C(=O)N2OS(=O)(=O)O)C1CCCN1.O=C(O)C(F)(F)F. The Kier molecular flexibility index (Phi) is 7.86. The van der Waals surface area contributed by atoms with E-state index in [1.807, 2.05) is 0 Å². The van der Waals surface area contributed by atoms with Crippen LogP contribution in [0.4, 0.5) is 18.0 Å². The largest absolute Gasteiger partial charge is 0.490 e. The molecule has 0 aromatic heterocycles. The summed E-state index contributed by atoms with van der Waals surface area (Å²) in [5.41, 5.74) is 4.62. The number of fused-ring (bicyclic) bond motifs is 2. The second-order valence-corrected chi connectivity index (χ2v) is 7.94. The average Bonchev–Trinajstić information content (AvgIpc) is 3.29. The second kappa shape index (κ2) is 9.84. The Hall–Kier alpha value is -2.70. The van der Waals surface area contributed by atoms with Crippen LogP contribution < -0.4 is 16.2 Å². The first-order chi connectivity index (χ1) is 14.7. The van der Waals surface area contributed by atoms with Gasteiger partial charge in [0.15, 0.2) is 0 Å². The molecule has 18 heteroatoms. The summed E-state index contributed by atoms with van der Waals surface area (Å²) < 4.78 is 66.4. The van der Waals surface area contributed by atoms with Crippen molar-refractivity contribution in [3.8, 4) is 0 Å². The van der Waals surface area contributed by atoms with Gasteiger partial charge < -0.3 is 15.3 Å². The van der Waals surface area contributed by atoms with Gasteiger partial charge in [-0.05, 0) is 32.2 Å². The molecule has 4 amide bonds. The minimum absolute atomic E-state index is 0.0879. The van der Waals surface area contributed by atoms with Crippen molar-refractivity contribution in [3.05, 3.63) is 0 Å². The fourth-order valence-corrected chi connectivity index (χ4v) is 3.69. The van der Waals surface area contributed by atoms with Crippen LogP contribution in [0.25, 0.3) is 0 Å². The van der Waals surface area contributed by atoms with E-state index in [2.05, 4.69) is 20.5 Å². The molecular weight excluding hydrogens is 471 g/mol. The lowest BCUT2D eigenvalue weighted by Crippen LogP contribution is -2.56. The zero-order chi connectivity index (χ0) is 24.3. The van der Waals surface area contributed by atoms with Crippen LogP contribution in [0, 0.1) is 0 Å². The van der Waals surface area contributed by atoms with Crippen molar-refractivity contribution in [3.63, 3.8) is 0 Å². The summed E-state index contributed by atoms with van der Waals surface area (Å²) in [7, 11) is -4.83. The van der Waals surface area contributed by atoms with Gasteiger partial charge in [-0.3, -0.25) is 25.0 Å². The summed E-state index contributed by atoms with van der Waals surface area (Å²) in [6, 6.07) is -2.63. The van der Waals surface area contributed by atoms with Gasteiger partial charge in [0.2, 0.25) is 0 Å². The zero-order valence-corrected chi connectivity index (χ0v) is 17.0. The van der Waals surface area contributed by atoms with Gasteiger partial charge in [-0.15, -0.1) is 4.28 Å². The van der Waals surface area contributed by atoms with E-state index >= 15 is 0 Å². The Morgan fingerprint density at radius 1 is 1.12 bits per heavy atom. The highest BCUT2D eigenvalue weighted by molar-refractivity contribution is 7.80. The Morgan fingerprint density at radius 2 is 1.72 bits per heavy atom. The number of halogens is 3. The number of aliphatic carboxylic acids is 1. The van der Waals surface area contributed by atoms with E-state index in [4.69, 9.17) is 14.5 Å². The second-order valence-electron chi connectivity index (χ2n) is 6.94. The number of alkyl halides is 3. The minimum atomic E-state index is -5.08. The lowest BCUT2D eigenvalue weighted by Gasteiger charge is -2.29. The molecule has 3 heterocycles. The third kappa shape index (κ3) is 6.65. The zero-order valence-electron chi connectivity index (χ0n) is 16.2. The topological polar surface area (TPSA) is 195 Å². The van der Waals surface area contributed by atoms with Gasteiger partial charge in [0, 0.05) is 6.54 Å². The van der Waals surface area contributed by atoms with Crippen LogP contribution >= 0.6 is 0 Å². The number of piperidine rings is 1. The third-order valence-electron chi connectivity index (χ3n) is 4.73. The van der Waals surface area contributed by atoms with E-state index in [0.29, 0.717) is 17.9 Å². The van der Waals surface area contributed by atoms with Gasteiger partial charge in [-0.1, -0.05) is 0 Å². The fraction of sp³-hybridized carbons (Fsp3) is 0.714. The number of carboxylic acid groups (broad SMARTS) is 1. The predicted molar refractivity (Wildman–Crippen MR) is 94.4 cm³/mol. The van der Waals surface area contributed by atoms with Crippen LogP contribution in [0.15, 0.2) is 0 Å². The first-order valence-corrected chi connectivity index (χ1v) is 10.5. The number of urea groups is 1. The molecule has 2 bridgehead atoms. The average molecular weight is 491 g/mol. The van der Waals surface area contributed by atoms with Crippen LogP contribution in [0.2, 0.25) is 0 Å². The molecule has 0 saturated carbocycles. The van der Waals surface area contributed by atoms with Crippen LogP contribution in [-0.4, -0.2) is 89.2 Å². The maximum atomic E-state index is 12.3. The number of hydrogen-bond acceptors (Lipinski definition) is 8. The molecule has 0 radical (unpaired) electrons. The molecule has 32 heavy (non-hydrogen) atoms. The number of rotatable bonds is 4. The third-order valence-corrected chi connectivity index (χ3v) is 5.08. The predicted octanol–water partition coefficient (Wildman–Crippen LogP) is -1.48. The van der Waals surface area contributed by atoms with Crippen molar-refractivity contribution in [2.45, 2.75) is 50.0 Å². The van der Waals surface area contributed by atoms with Gasteiger partial charge in [-0.2, -0.15) is 26.7 Å². The summed E-state index contributed by atoms with van der Waals surface area (Å²) in [5.74, 6) is -3.69. The van der Waals surface area contributed by atoms with Crippen LogP contribution in [0.1, 0.15) is 25.7 Å². The molecule has 182 valence electrons. The van der Waals surface area contributed by atoms with Gasteiger partial charge >= 0.3 is 28.6 Å². The van der Waals surface area contributed by atoms with E-state index in [1.54, 1.807) is 0 Å². The Bertz CT molecular complexity index is 862. The van der Waals surface area contributed by atoms with Crippen molar-refractivity contribution < 1.29 is 54.7 Å². The van der Waals surface area contributed by atoms with Crippen LogP contribution in [0.5, 0.6) is 0 Å². The number of carbonyl (C=O) groups is 4. The summed E-state index contributed by atoms with van der Waals surface area (Å²) in [4.78, 5) is 46.4. The van der Waals surface area contributed by atoms with Crippen molar-refractivity contribution in [2.75, 3.05) is 13.1 Å². The molecule has 5 N–H and O–H groups in total. The van der Waals surface area contributed by atoms with Gasteiger partial charge in [0.25, 0.3) is 11.8 Å². The van der Waals surface area contributed by atoms with E-state index in [0.717, 1.165) is 17.9 Å². The summed E-state index contributed by atoms with van der Waals surface area (Å²) in [5, 5.41) is 10.7. The molecule has 0 aromatic carbocycles. The number of nitrogens with one attached hydrogen (secondary N) is 3. The monoisotopic (exact) mass is 491 g/mol. The molecule has 3 fully saturated rings. The van der Waals surface area contributed by atoms with Crippen LogP contribution in [-0.2, 0) is 29.1 Å². The summed E-state index contributed by atoms with van der Waals surface area (Å²) in [6.45, 7) is 0.826. The van der Waals surface area contributed by atoms with Crippen molar-refractivity contribution >= 4 is 34.2 Å². The molecule has 3 aliphatic rings. The van der Waals surface area contributed by atoms with Crippen molar-refractivity contribution in [1.29, 1.82) is 0 Å². The molecule has 3 aliphatic heterocycles. The lowest BCUT2D eigenvalue weighted by atomic mass is 10.0. The summed E-state index contributed by atoms with van der Waals surface area (Å²) >= 11 is 0. The first-order valence-electron chi connectivity index (χ1n) is 9.10. The first kappa shape index (κ1) is 25.6. The molecule has 1 unspecified atom stereocenters. The van der Waals surface area contributed by atoms with E-state index in [1.165, 1.54) is 0 Å². The standard InChI is InChI=1S/C12H19N5O7S.C2HF3O2/c18-10(8-2-1-5-13-8)14-15-11(19)9-4-3-7-6-16(9)12(20)17(7)24-25(21,22)23;3-2(4,5)1(6)7/h7-9,13H,1-6H2,(H,14,18)(H,15,19)(H,21,22,23);(H,6,7)/t7-,8?,9+;/m1./s1. The molecule has 3 saturated heterocycles. The molecular formula is C14H20F3N5O9S.